The van der Waals surface area contributed by atoms with Gasteiger partial charge in [0.25, 0.3) is 6.43 Å². The summed E-state index contributed by atoms with van der Waals surface area (Å²) in [7, 11) is 0. The van der Waals surface area contributed by atoms with Crippen molar-refractivity contribution in [1.29, 1.82) is 0 Å². The summed E-state index contributed by atoms with van der Waals surface area (Å²) in [6, 6.07) is 0. The predicted molar refractivity (Wildman–Crippen MR) is 49.0 cm³/mol. The molecular formula is C7H11F2N3OS. The number of hydrogen-bond acceptors (Lipinski definition) is 3. The van der Waals surface area contributed by atoms with Crippen LogP contribution in [0.5, 0.6) is 0 Å². The summed E-state index contributed by atoms with van der Waals surface area (Å²) >= 11 is 4.92. The van der Waals surface area contributed by atoms with E-state index >= 15 is 0 Å². The lowest BCUT2D eigenvalue weighted by molar-refractivity contribution is 0.0145. The molecule has 0 fully saturated rings. The molecule has 0 spiro atoms. The molecule has 0 saturated carbocycles. The number of ether oxygens (including phenoxy) is 1. The number of aromatic nitrogens is 3. The molecule has 1 heterocycles. The van der Waals surface area contributed by atoms with E-state index in [4.69, 9.17) is 17.0 Å². The van der Waals surface area contributed by atoms with E-state index in [0.717, 1.165) is 5.82 Å². The van der Waals surface area contributed by atoms with Crippen LogP contribution < -0.4 is 0 Å². The summed E-state index contributed by atoms with van der Waals surface area (Å²) in [6.07, 6.45) is -2.42. The Morgan fingerprint density at radius 1 is 1.64 bits per heavy atom. The van der Waals surface area contributed by atoms with Crippen molar-refractivity contribution < 1.29 is 13.5 Å². The van der Waals surface area contributed by atoms with Crippen LogP contribution in [-0.4, -0.2) is 34.4 Å². The third-order valence-corrected chi connectivity index (χ3v) is 1.96. The van der Waals surface area contributed by atoms with E-state index in [1.54, 1.807) is 11.5 Å². The maximum Gasteiger partial charge on any atom is 0.261 e. The SMILES string of the molecule is Cc1n[nH]c(=S)n1CCOCC(F)F. The molecule has 0 unspecified atom stereocenters. The first-order chi connectivity index (χ1) is 6.61. The average molecular weight is 223 g/mol. The van der Waals surface area contributed by atoms with E-state index in [0.29, 0.717) is 11.3 Å². The van der Waals surface area contributed by atoms with Crippen LogP contribution in [0, 0.1) is 11.7 Å². The van der Waals surface area contributed by atoms with Gasteiger partial charge < -0.3 is 9.30 Å². The van der Waals surface area contributed by atoms with Gasteiger partial charge in [-0.3, -0.25) is 5.10 Å². The molecule has 1 aromatic rings. The molecule has 0 aliphatic carbocycles. The number of H-pyrrole nitrogens is 1. The predicted octanol–water partition coefficient (Wildman–Crippen LogP) is 1.53. The van der Waals surface area contributed by atoms with Crippen LogP contribution in [0.4, 0.5) is 8.78 Å². The third-order valence-electron chi connectivity index (χ3n) is 1.65. The summed E-state index contributed by atoms with van der Waals surface area (Å²) in [4.78, 5) is 0. The minimum Gasteiger partial charge on any atom is -0.374 e. The van der Waals surface area contributed by atoms with Crippen molar-refractivity contribution in [3.8, 4) is 0 Å². The van der Waals surface area contributed by atoms with Gasteiger partial charge in [0.15, 0.2) is 4.77 Å². The molecule has 0 aromatic carbocycles. The summed E-state index contributed by atoms with van der Waals surface area (Å²) in [6.45, 7) is 1.89. The molecule has 1 N–H and O–H groups in total. The number of aryl methyl sites for hydroxylation is 1. The highest BCUT2D eigenvalue weighted by Gasteiger charge is 2.03. The molecule has 0 amide bonds. The molecule has 0 radical (unpaired) electrons. The number of hydrogen-bond donors (Lipinski definition) is 1. The highest BCUT2D eigenvalue weighted by atomic mass is 32.1. The molecular weight excluding hydrogens is 212 g/mol. The highest BCUT2D eigenvalue weighted by molar-refractivity contribution is 7.71. The second-order valence-electron chi connectivity index (χ2n) is 2.69. The fourth-order valence-electron chi connectivity index (χ4n) is 0.988. The van der Waals surface area contributed by atoms with E-state index in [2.05, 4.69) is 10.2 Å². The van der Waals surface area contributed by atoms with Crippen molar-refractivity contribution in [2.45, 2.75) is 19.9 Å². The molecule has 7 heteroatoms. The zero-order valence-electron chi connectivity index (χ0n) is 7.67. The van der Waals surface area contributed by atoms with Gasteiger partial charge >= 0.3 is 0 Å². The van der Waals surface area contributed by atoms with Crippen LogP contribution in [0.3, 0.4) is 0 Å². The Morgan fingerprint density at radius 2 is 2.36 bits per heavy atom. The van der Waals surface area contributed by atoms with Crippen LogP contribution in [0.25, 0.3) is 0 Å². The molecule has 1 rings (SSSR count). The van der Waals surface area contributed by atoms with Crippen molar-refractivity contribution >= 4 is 12.2 Å². The molecule has 0 aliphatic rings. The van der Waals surface area contributed by atoms with Crippen molar-refractivity contribution in [2.24, 2.45) is 0 Å². The molecule has 0 aliphatic heterocycles. The number of nitrogens with one attached hydrogen (secondary N) is 1. The molecule has 1 aromatic heterocycles. The normalized spacial score (nSPS) is 11.1. The topological polar surface area (TPSA) is 42.8 Å². The fourth-order valence-corrected chi connectivity index (χ4v) is 1.26. The molecule has 0 saturated heterocycles. The van der Waals surface area contributed by atoms with Crippen molar-refractivity contribution in [2.75, 3.05) is 13.2 Å². The van der Waals surface area contributed by atoms with Gasteiger partial charge in [-0.05, 0) is 19.1 Å². The Labute approximate surface area is 84.9 Å². The first-order valence-corrected chi connectivity index (χ1v) is 4.50. The molecule has 14 heavy (non-hydrogen) atoms. The number of aromatic amines is 1. The minimum absolute atomic E-state index is 0.207. The van der Waals surface area contributed by atoms with Crippen LogP contribution in [0.15, 0.2) is 0 Å². The zero-order chi connectivity index (χ0) is 10.6. The monoisotopic (exact) mass is 223 g/mol. The van der Waals surface area contributed by atoms with E-state index in [9.17, 15) is 8.78 Å². The van der Waals surface area contributed by atoms with Gasteiger partial charge in [0.05, 0.1) is 6.61 Å². The largest absolute Gasteiger partial charge is 0.374 e. The number of alkyl halides is 2. The van der Waals surface area contributed by atoms with Gasteiger partial charge in [-0.25, -0.2) is 8.78 Å². The maximum absolute atomic E-state index is 11.7. The Bertz CT molecular complexity index is 336. The van der Waals surface area contributed by atoms with E-state index in [1.165, 1.54) is 0 Å². The highest BCUT2D eigenvalue weighted by Crippen LogP contribution is 1.97. The van der Waals surface area contributed by atoms with Crippen molar-refractivity contribution in [3.05, 3.63) is 10.6 Å². The van der Waals surface area contributed by atoms with Crippen molar-refractivity contribution in [1.82, 2.24) is 14.8 Å². The van der Waals surface area contributed by atoms with E-state index in [1.807, 2.05) is 0 Å². The van der Waals surface area contributed by atoms with Crippen LogP contribution in [-0.2, 0) is 11.3 Å². The number of halogens is 2. The second-order valence-corrected chi connectivity index (χ2v) is 3.08. The van der Waals surface area contributed by atoms with Gasteiger partial charge in [-0.15, -0.1) is 0 Å². The second kappa shape index (κ2) is 5.16. The lowest BCUT2D eigenvalue weighted by Gasteiger charge is -2.04. The Kier molecular flexibility index (Phi) is 4.15. The van der Waals surface area contributed by atoms with Gasteiger partial charge in [-0.2, -0.15) is 5.10 Å². The molecule has 4 nitrogen and oxygen atoms in total. The first-order valence-electron chi connectivity index (χ1n) is 4.09. The zero-order valence-corrected chi connectivity index (χ0v) is 8.48. The van der Waals surface area contributed by atoms with Crippen molar-refractivity contribution in [3.63, 3.8) is 0 Å². The molecule has 80 valence electrons. The summed E-state index contributed by atoms with van der Waals surface area (Å²) < 4.78 is 30.3. The Morgan fingerprint density at radius 3 is 2.86 bits per heavy atom. The number of rotatable bonds is 5. The summed E-state index contributed by atoms with van der Waals surface area (Å²) in [5.41, 5.74) is 0. The van der Waals surface area contributed by atoms with Crippen LogP contribution >= 0.6 is 12.2 Å². The summed E-state index contributed by atoms with van der Waals surface area (Å²) in [5, 5.41) is 6.47. The van der Waals surface area contributed by atoms with Crippen LogP contribution in [0.2, 0.25) is 0 Å². The third kappa shape index (κ3) is 3.15. The Balaban J connectivity index is 2.35. The van der Waals surface area contributed by atoms with Gasteiger partial charge in [0, 0.05) is 6.54 Å². The van der Waals surface area contributed by atoms with Gasteiger partial charge in [0.2, 0.25) is 0 Å². The lowest BCUT2D eigenvalue weighted by Crippen LogP contribution is -2.11. The van der Waals surface area contributed by atoms with E-state index in [-0.39, 0.29) is 6.61 Å². The lowest BCUT2D eigenvalue weighted by atomic mass is 10.6. The van der Waals surface area contributed by atoms with E-state index < -0.39 is 13.0 Å². The average Bonchev–Trinajstić information content (AvgIpc) is 2.42. The maximum atomic E-state index is 11.7. The molecule has 0 bridgehead atoms. The molecule has 0 atom stereocenters. The quantitative estimate of drug-likeness (QED) is 0.608. The first kappa shape index (κ1) is 11.3. The van der Waals surface area contributed by atoms with Crippen LogP contribution in [0.1, 0.15) is 5.82 Å². The Hall–Kier alpha value is -0.820. The standard InChI is InChI=1S/C7H11F2N3OS/c1-5-10-11-7(14)12(5)2-3-13-4-6(8)9/h6H,2-4H2,1H3,(H,11,14). The van der Waals surface area contributed by atoms with Gasteiger partial charge in [-0.1, -0.05) is 0 Å². The number of nitrogens with zero attached hydrogens (tertiary/aromatic N) is 2. The van der Waals surface area contributed by atoms with Gasteiger partial charge in [0.1, 0.15) is 12.4 Å². The fraction of sp³-hybridized carbons (Fsp3) is 0.714. The smallest absolute Gasteiger partial charge is 0.261 e. The minimum atomic E-state index is -2.42. The summed E-state index contributed by atoms with van der Waals surface area (Å²) in [5.74, 6) is 0.718.